The fourth-order valence-electron chi connectivity index (χ4n) is 8.04. The van der Waals surface area contributed by atoms with Crippen molar-refractivity contribution in [3.8, 4) is 11.5 Å². The Balaban J connectivity index is 1.03. The van der Waals surface area contributed by atoms with Gasteiger partial charge in [0, 0.05) is 0 Å². The van der Waals surface area contributed by atoms with E-state index in [1.165, 1.54) is 116 Å². The van der Waals surface area contributed by atoms with E-state index in [4.69, 9.17) is 18.9 Å². The van der Waals surface area contributed by atoms with Crippen molar-refractivity contribution in [3.05, 3.63) is 59.7 Å². The van der Waals surface area contributed by atoms with Gasteiger partial charge in [-0.1, -0.05) is 117 Å². The van der Waals surface area contributed by atoms with E-state index in [0.29, 0.717) is 24.3 Å². The highest BCUT2D eigenvalue weighted by Gasteiger charge is 2.22. The molecule has 2 aliphatic rings. The first-order valence-corrected chi connectivity index (χ1v) is 20.8. The second-order valence-corrected chi connectivity index (χ2v) is 15.6. The summed E-state index contributed by atoms with van der Waals surface area (Å²) in [6, 6.07) is 14.1. The van der Waals surface area contributed by atoms with Gasteiger partial charge in [0.1, 0.15) is 24.2 Å². The molecule has 2 aromatic carbocycles. The average molecular weight is 705 g/mol. The van der Waals surface area contributed by atoms with Crippen LogP contribution in [0.4, 0.5) is 0 Å². The Hall–Kier alpha value is -3.02. The molecule has 6 heteroatoms. The zero-order valence-electron chi connectivity index (χ0n) is 32.2. The van der Waals surface area contributed by atoms with Crippen LogP contribution in [-0.4, -0.2) is 37.9 Å². The summed E-state index contributed by atoms with van der Waals surface area (Å²) in [6.07, 6.45) is 26.1. The molecule has 2 fully saturated rings. The van der Waals surface area contributed by atoms with Crippen LogP contribution in [-0.2, 0) is 9.47 Å². The number of carbonyl (C=O) groups is 2. The molecule has 4 rings (SSSR count). The topological polar surface area (TPSA) is 71.1 Å². The van der Waals surface area contributed by atoms with Gasteiger partial charge in [-0.15, -0.1) is 0 Å². The summed E-state index contributed by atoms with van der Waals surface area (Å²) in [5.74, 6) is 4.20. The van der Waals surface area contributed by atoms with Crippen LogP contribution in [0.25, 0.3) is 0 Å². The SMILES string of the molecule is CCCCC[C@H]1CC[C@H](CCCOc2ccc(C(=O)OC[C@@H](C)OC(=O)c3ccc(OCCC[C@H]4CC[C@H](CCCCC)CC4)cc3)cc2)CC1. The van der Waals surface area contributed by atoms with E-state index in [0.717, 1.165) is 48.0 Å². The number of hydrogen-bond acceptors (Lipinski definition) is 6. The molecule has 2 aromatic rings. The molecule has 0 aromatic heterocycles. The molecular weight excluding hydrogens is 636 g/mol. The minimum atomic E-state index is -0.581. The van der Waals surface area contributed by atoms with Gasteiger partial charge < -0.3 is 18.9 Å². The fourth-order valence-corrected chi connectivity index (χ4v) is 8.04. The lowest BCUT2D eigenvalue weighted by Crippen LogP contribution is -2.22. The maximum Gasteiger partial charge on any atom is 0.338 e. The molecule has 2 aliphatic carbocycles. The molecule has 0 radical (unpaired) electrons. The van der Waals surface area contributed by atoms with Crippen LogP contribution < -0.4 is 9.47 Å². The Morgan fingerprint density at radius 3 is 1.31 bits per heavy atom. The summed E-state index contributed by atoms with van der Waals surface area (Å²) >= 11 is 0. The van der Waals surface area contributed by atoms with Gasteiger partial charge in [0.25, 0.3) is 0 Å². The van der Waals surface area contributed by atoms with E-state index in [-0.39, 0.29) is 6.61 Å². The van der Waals surface area contributed by atoms with E-state index in [1.807, 2.05) is 24.3 Å². The maximum absolute atomic E-state index is 12.7. The first-order chi connectivity index (χ1) is 24.9. The Bertz CT molecular complexity index is 1220. The molecule has 2 saturated carbocycles. The molecule has 0 heterocycles. The van der Waals surface area contributed by atoms with Crippen LogP contribution >= 0.6 is 0 Å². The lowest BCUT2D eigenvalue weighted by Gasteiger charge is -2.28. The summed E-state index contributed by atoms with van der Waals surface area (Å²) in [6.45, 7) is 7.65. The zero-order valence-corrected chi connectivity index (χ0v) is 32.2. The maximum atomic E-state index is 12.7. The average Bonchev–Trinajstić information content (AvgIpc) is 3.16. The van der Waals surface area contributed by atoms with Gasteiger partial charge in [-0.3, -0.25) is 0 Å². The number of unbranched alkanes of at least 4 members (excludes halogenated alkanes) is 4. The van der Waals surface area contributed by atoms with Crippen molar-refractivity contribution < 1.29 is 28.5 Å². The summed E-state index contributed by atoms with van der Waals surface area (Å²) in [5, 5.41) is 0. The van der Waals surface area contributed by atoms with Crippen LogP contribution in [0.5, 0.6) is 11.5 Å². The van der Waals surface area contributed by atoms with Gasteiger partial charge in [0.15, 0.2) is 0 Å². The third-order valence-electron chi connectivity index (χ3n) is 11.4. The van der Waals surface area contributed by atoms with Gasteiger partial charge in [0.05, 0.1) is 24.3 Å². The van der Waals surface area contributed by atoms with E-state index in [9.17, 15) is 9.59 Å². The van der Waals surface area contributed by atoms with Crippen molar-refractivity contribution in [2.75, 3.05) is 19.8 Å². The van der Waals surface area contributed by atoms with Gasteiger partial charge in [-0.2, -0.15) is 0 Å². The molecule has 0 aliphatic heterocycles. The standard InChI is InChI=1S/C45H68O6/c1-4-6-8-12-36-16-20-38(21-17-36)14-10-32-48-42-28-24-40(25-29-42)44(46)50-34-35(3)51-45(47)41-26-30-43(31-27-41)49-33-11-15-39-22-18-37(19-23-39)13-9-7-5-2/h24-31,35-39H,4-23,32-34H2,1-3H3/t35-,36-,37-,38-,39-/m1/s1. The van der Waals surface area contributed by atoms with Crippen molar-refractivity contribution in [3.63, 3.8) is 0 Å². The molecule has 0 bridgehead atoms. The highest BCUT2D eigenvalue weighted by atomic mass is 16.6. The highest BCUT2D eigenvalue weighted by Crippen LogP contribution is 2.35. The summed E-state index contributed by atoms with van der Waals surface area (Å²) in [4.78, 5) is 25.3. The second-order valence-electron chi connectivity index (χ2n) is 15.6. The largest absolute Gasteiger partial charge is 0.494 e. The summed E-state index contributed by atoms with van der Waals surface area (Å²) in [7, 11) is 0. The van der Waals surface area contributed by atoms with Crippen molar-refractivity contribution in [2.24, 2.45) is 23.7 Å². The molecule has 0 N–H and O–H groups in total. The fraction of sp³-hybridized carbons (Fsp3) is 0.689. The smallest absolute Gasteiger partial charge is 0.338 e. The second kappa shape index (κ2) is 23.5. The van der Waals surface area contributed by atoms with Gasteiger partial charge >= 0.3 is 11.9 Å². The van der Waals surface area contributed by atoms with Crippen LogP contribution in [0, 0.1) is 23.7 Å². The number of esters is 2. The van der Waals surface area contributed by atoms with E-state index >= 15 is 0 Å². The molecule has 1 atom stereocenters. The van der Waals surface area contributed by atoms with Crippen molar-refractivity contribution in [2.45, 2.75) is 155 Å². The molecule has 284 valence electrons. The lowest BCUT2D eigenvalue weighted by atomic mass is 9.78. The number of hydrogen-bond donors (Lipinski definition) is 0. The molecule has 0 unspecified atom stereocenters. The minimum absolute atomic E-state index is 0.0226. The monoisotopic (exact) mass is 705 g/mol. The van der Waals surface area contributed by atoms with Crippen LogP contribution in [0.2, 0.25) is 0 Å². The molecule has 51 heavy (non-hydrogen) atoms. The van der Waals surface area contributed by atoms with Crippen LogP contribution in [0.15, 0.2) is 48.5 Å². The lowest BCUT2D eigenvalue weighted by molar-refractivity contribution is 0.00447. The van der Waals surface area contributed by atoms with Crippen molar-refractivity contribution >= 4 is 11.9 Å². The number of carbonyl (C=O) groups excluding carboxylic acids is 2. The molecule has 0 saturated heterocycles. The molecule has 6 nitrogen and oxygen atoms in total. The van der Waals surface area contributed by atoms with E-state index in [2.05, 4.69) is 13.8 Å². The third kappa shape index (κ3) is 15.6. The Morgan fingerprint density at radius 2 is 0.922 bits per heavy atom. The Morgan fingerprint density at radius 1 is 0.549 bits per heavy atom. The molecule has 0 spiro atoms. The van der Waals surface area contributed by atoms with Crippen molar-refractivity contribution in [1.29, 1.82) is 0 Å². The van der Waals surface area contributed by atoms with E-state index in [1.54, 1.807) is 31.2 Å². The van der Waals surface area contributed by atoms with Crippen LogP contribution in [0.3, 0.4) is 0 Å². The van der Waals surface area contributed by atoms with Crippen molar-refractivity contribution in [1.82, 2.24) is 0 Å². The highest BCUT2D eigenvalue weighted by molar-refractivity contribution is 5.90. The zero-order chi connectivity index (χ0) is 36.1. The summed E-state index contributed by atoms with van der Waals surface area (Å²) < 4.78 is 22.9. The Labute approximate surface area is 309 Å². The predicted octanol–water partition coefficient (Wildman–Crippen LogP) is 12.2. The van der Waals surface area contributed by atoms with Crippen LogP contribution in [0.1, 0.15) is 170 Å². The third-order valence-corrected chi connectivity index (χ3v) is 11.4. The normalized spacial score (nSPS) is 21.1. The minimum Gasteiger partial charge on any atom is -0.494 e. The van der Waals surface area contributed by atoms with Gasteiger partial charge in [0.2, 0.25) is 0 Å². The predicted molar refractivity (Wildman–Crippen MR) is 207 cm³/mol. The van der Waals surface area contributed by atoms with Gasteiger partial charge in [-0.25, -0.2) is 9.59 Å². The quantitative estimate of drug-likeness (QED) is 0.0847. The number of ether oxygens (including phenoxy) is 4. The number of rotatable bonds is 23. The van der Waals surface area contributed by atoms with E-state index < -0.39 is 18.0 Å². The first kappa shape index (κ1) is 40.7. The molecular formula is C45H68O6. The summed E-state index contributed by atoms with van der Waals surface area (Å²) in [5.41, 5.74) is 0.884. The number of benzene rings is 2. The van der Waals surface area contributed by atoms with Gasteiger partial charge in [-0.05, 0) is 105 Å². The molecule has 0 amide bonds. The Kier molecular flexibility index (Phi) is 18.8. The first-order valence-electron chi connectivity index (χ1n) is 20.8.